The van der Waals surface area contributed by atoms with Crippen molar-refractivity contribution in [3.05, 3.63) is 18.0 Å². The predicted octanol–water partition coefficient (Wildman–Crippen LogP) is -0.0859. The maximum atomic E-state index is 10.9. The van der Waals surface area contributed by atoms with E-state index >= 15 is 0 Å². The van der Waals surface area contributed by atoms with Gasteiger partial charge in [-0.25, -0.2) is 13.6 Å². The number of H-pyrrole nitrogens is 1. The second-order valence-corrected chi connectivity index (χ2v) is 5.12. The Morgan fingerprint density at radius 3 is 2.79 bits per heavy atom. The molecule has 1 heterocycles. The van der Waals surface area contributed by atoms with Crippen LogP contribution >= 0.6 is 0 Å². The van der Waals surface area contributed by atoms with Crippen molar-refractivity contribution in [2.24, 2.45) is 5.14 Å². The Kier molecular flexibility index (Phi) is 2.34. The summed E-state index contributed by atoms with van der Waals surface area (Å²) in [4.78, 5) is 3.02. The number of primary sulfonamides is 1. The van der Waals surface area contributed by atoms with Crippen molar-refractivity contribution in [1.29, 1.82) is 0 Å². The van der Waals surface area contributed by atoms with E-state index in [-0.39, 0.29) is 4.90 Å². The number of aromatic nitrogens is 1. The summed E-state index contributed by atoms with van der Waals surface area (Å²) in [6.07, 6.45) is 3.84. The molecule has 1 fully saturated rings. The maximum absolute atomic E-state index is 10.9. The van der Waals surface area contributed by atoms with Crippen LogP contribution in [0.2, 0.25) is 0 Å². The van der Waals surface area contributed by atoms with Crippen LogP contribution in [-0.2, 0) is 16.6 Å². The normalized spacial score (nSPS) is 17.2. The smallest absolute Gasteiger partial charge is 0.239 e. The fraction of sp³-hybridized carbons (Fsp3) is 0.500. The number of aromatic amines is 1. The largest absolute Gasteiger partial charge is 0.363 e. The molecule has 14 heavy (non-hydrogen) atoms. The van der Waals surface area contributed by atoms with Gasteiger partial charge in [0.05, 0.1) is 4.90 Å². The molecule has 0 aliphatic heterocycles. The van der Waals surface area contributed by atoms with Gasteiger partial charge in [0.1, 0.15) is 0 Å². The first-order valence-corrected chi connectivity index (χ1v) is 6.04. The Bertz CT molecular complexity index is 420. The van der Waals surface area contributed by atoms with Gasteiger partial charge in [-0.05, 0) is 18.9 Å². The van der Waals surface area contributed by atoms with Crippen molar-refractivity contribution in [3.63, 3.8) is 0 Å². The lowest BCUT2D eigenvalue weighted by Crippen LogP contribution is -2.15. The van der Waals surface area contributed by atoms with E-state index in [0.29, 0.717) is 12.6 Å². The molecule has 1 aliphatic rings. The van der Waals surface area contributed by atoms with Crippen LogP contribution in [0.4, 0.5) is 0 Å². The van der Waals surface area contributed by atoms with Crippen LogP contribution in [0.15, 0.2) is 17.2 Å². The molecule has 1 saturated carbocycles. The van der Waals surface area contributed by atoms with Crippen molar-refractivity contribution < 1.29 is 8.42 Å². The third-order valence-electron chi connectivity index (χ3n) is 2.20. The minimum Gasteiger partial charge on any atom is -0.363 e. The summed E-state index contributed by atoms with van der Waals surface area (Å²) in [7, 11) is -3.56. The van der Waals surface area contributed by atoms with Crippen LogP contribution in [0.25, 0.3) is 0 Å². The molecule has 0 bridgehead atoms. The van der Waals surface area contributed by atoms with E-state index in [9.17, 15) is 8.42 Å². The minimum absolute atomic E-state index is 0.144. The van der Waals surface area contributed by atoms with Gasteiger partial charge in [0.15, 0.2) is 0 Å². The van der Waals surface area contributed by atoms with E-state index in [1.54, 1.807) is 6.07 Å². The standard InChI is InChI=1S/C8H13N3O2S/c9-14(12,13)8-3-7(11-5-8)4-10-6-1-2-6/h3,5-6,10-11H,1-2,4H2,(H2,9,12,13). The molecule has 0 amide bonds. The molecule has 1 aromatic heterocycles. The Morgan fingerprint density at radius 1 is 1.57 bits per heavy atom. The molecule has 2 rings (SSSR count). The number of hydrogen-bond donors (Lipinski definition) is 3. The summed E-state index contributed by atoms with van der Waals surface area (Å²) in [5.74, 6) is 0. The number of nitrogens with one attached hydrogen (secondary N) is 2. The summed E-state index contributed by atoms with van der Waals surface area (Å²) < 4.78 is 21.9. The molecule has 6 heteroatoms. The van der Waals surface area contributed by atoms with Crippen LogP contribution in [-0.4, -0.2) is 19.4 Å². The van der Waals surface area contributed by atoms with E-state index in [1.165, 1.54) is 19.0 Å². The van der Waals surface area contributed by atoms with Gasteiger partial charge in [-0.1, -0.05) is 0 Å². The third kappa shape index (κ3) is 2.34. The minimum atomic E-state index is -3.56. The van der Waals surface area contributed by atoms with Gasteiger partial charge in [0, 0.05) is 24.5 Å². The zero-order valence-electron chi connectivity index (χ0n) is 7.66. The summed E-state index contributed by atoms with van der Waals surface area (Å²) in [6, 6.07) is 2.17. The van der Waals surface area contributed by atoms with Gasteiger partial charge >= 0.3 is 0 Å². The molecule has 1 aliphatic carbocycles. The van der Waals surface area contributed by atoms with E-state index in [1.807, 2.05) is 0 Å². The lowest BCUT2D eigenvalue weighted by atomic mass is 10.4. The lowest BCUT2D eigenvalue weighted by molar-refractivity contribution is 0.598. The Balaban J connectivity index is 2.01. The third-order valence-corrected chi connectivity index (χ3v) is 3.10. The van der Waals surface area contributed by atoms with Gasteiger partial charge in [-0.2, -0.15) is 0 Å². The van der Waals surface area contributed by atoms with Crippen molar-refractivity contribution >= 4 is 10.0 Å². The molecule has 0 atom stereocenters. The van der Waals surface area contributed by atoms with Gasteiger partial charge < -0.3 is 10.3 Å². The highest BCUT2D eigenvalue weighted by molar-refractivity contribution is 7.89. The zero-order chi connectivity index (χ0) is 10.2. The molecule has 0 spiro atoms. The van der Waals surface area contributed by atoms with E-state index in [2.05, 4.69) is 10.3 Å². The quantitative estimate of drug-likeness (QED) is 0.656. The Labute approximate surface area is 82.7 Å². The van der Waals surface area contributed by atoms with Gasteiger partial charge in [-0.3, -0.25) is 0 Å². The van der Waals surface area contributed by atoms with E-state index < -0.39 is 10.0 Å². The predicted molar refractivity (Wildman–Crippen MR) is 52.0 cm³/mol. The molecular weight excluding hydrogens is 202 g/mol. The second kappa shape index (κ2) is 3.38. The second-order valence-electron chi connectivity index (χ2n) is 3.56. The Hall–Kier alpha value is -0.850. The molecule has 0 aromatic carbocycles. The highest BCUT2D eigenvalue weighted by Gasteiger charge is 2.20. The molecule has 0 radical (unpaired) electrons. The topological polar surface area (TPSA) is 88.0 Å². The molecule has 78 valence electrons. The van der Waals surface area contributed by atoms with Crippen molar-refractivity contribution in [1.82, 2.24) is 10.3 Å². The molecule has 5 nitrogen and oxygen atoms in total. The van der Waals surface area contributed by atoms with Crippen LogP contribution in [0.1, 0.15) is 18.5 Å². The molecule has 0 unspecified atom stereocenters. The Morgan fingerprint density at radius 2 is 2.29 bits per heavy atom. The molecule has 4 N–H and O–H groups in total. The first kappa shape index (κ1) is 9.70. The lowest BCUT2D eigenvalue weighted by Gasteiger charge is -1.98. The summed E-state index contributed by atoms with van der Waals surface area (Å²) in [5.41, 5.74) is 0.848. The van der Waals surface area contributed by atoms with Crippen molar-refractivity contribution in [2.45, 2.75) is 30.3 Å². The van der Waals surface area contributed by atoms with Crippen LogP contribution in [0, 0.1) is 0 Å². The summed E-state index contributed by atoms with van der Waals surface area (Å²) in [5, 5.41) is 8.24. The van der Waals surface area contributed by atoms with Gasteiger partial charge in [0.2, 0.25) is 10.0 Å². The van der Waals surface area contributed by atoms with Crippen LogP contribution < -0.4 is 10.5 Å². The van der Waals surface area contributed by atoms with Crippen LogP contribution in [0.5, 0.6) is 0 Å². The maximum Gasteiger partial charge on any atom is 0.239 e. The first-order valence-electron chi connectivity index (χ1n) is 4.49. The number of hydrogen-bond acceptors (Lipinski definition) is 3. The monoisotopic (exact) mass is 215 g/mol. The SMILES string of the molecule is NS(=O)(=O)c1c[nH]c(CNC2CC2)c1. The molecule has 1 aromatic rings. The average molecular weight is 215 g/mol. The molecular formula is C8H13N3O2S. The highest BCUT2D eigenvalue weighted by Crippen LogP contribution is 2.19. The van der Waals surface area contributed by atoms with Gasteiger partial charge in [0.25, 0.3) is 0 Å². The fourth-order valence-corrected chi connectivity index (χ4v) is 1.76. The first-order chi connectivity index (χ1) is 6.55. The molecule has 0 saturated heterocycles. The summed E-state index contributed by atoms with van der Waals surface area (Å²) >= 11 is 0. The van der Waals surface area contributed by atoms with Crippen LogP contribution in [0.3, 0.4) is 0 Å². The highest BCUT2D eigenvalue weighted by atomic mass is 32.2. The number of nitrogens with two attached hydrogens (primary N) is 1. The zero-order valence-corrected chi connectivity index (χ0v) is 8.47. The van der Waals surface area contributed by atoms with Crippen molar-refractivity contribution in [3.8, 4) is 0 Å². The fourth-order valence-electron chi connectivity index (χ4n) is 1.23. The van der Waals surface area contributed by atoms with E-state index in [4.69, 9.17) is 5.14 Å². The number of sulfonamides is 1. The van der Waals surface area contributed by atoms with Gasteiger partial charge in [-0.15, -0.1) is 0 Å². The van der Waals surface area contributed by atoms with Crippen molar-refractivity contribution in [2.75, 3.05) is 0 Å². The number of rotatable bonds is 4. The summed E-state index contributed by atoms with van der Waals surface area (Å²) in [6.45, 7) is 0.667. The van der Waals surface area contributed by atoms with E-state index in [0.717, 1.165) is 5.69 Å². The average Bonchev–Trinajstić information content (AvgIpc) is 2.77.